The number of benzene rings is 1. The average Bonchev–Trinajstić information content (AvgIpc) is 2.75. The van der Waals surface area contributed by atoms with E-state index in [9.17, 15) is 4.79 Å². The molecular formula is C16H17BrINO3. The van der Waals surface area contributed by atoms with Crippen molar-refractivity contribution in [1.82, 2.24) is 4.90 Å². The lowest BCUT2D eigenvalue weighted by Gasteiger charge is -2.29. The van der Waals surface area contributed by atoms with Crippen molar-refractivity contribution in [2.24, 2.45) is 0 Å². The number of nitrogens with zero attached hydrogens (tertiary/aromatic N) is 1. The molecule has 0 aliphatic carbocycles. The van der Waals surface area contributed by atoms with E-state index in [1.807, 2.05) is 26.8 Å². The van der Waals surface area contributed by atoms with Gasteiger partial charge < -0.3 is 14.1 Å². The molecule has 4 nitrogen and oxygen atoms in total. The smallest absolute Gasteiger partial charge is 0.410 e. The fraction of sp³-hybridized carbons (Fsp3) is 0.438. The number of rotatable bonds is 0. The highest BCUT2D eigenvalue weighted by atomic mass is 127. The van der Waals surface area contributed by atoms with Gasteiger partial charge in [0.2, 0.25) is 0 Å². The second-order valence-electron chi connectivity index (χ2n) is 6.42. The first kappa shape index (κ1) is 16.1. The van der Waals surface area contributed by atoms with E-state index in [1.165, 1.54) is 0 Å². The van der Waals surface area contributed by atoms with E-state index in [0.29, 0.717) is 13.1 Å². The number of fused-ring (bicyclic) bond motifs is 3. The summed E-state index contributed by atoms with van der Waals surface area (Å²) in [7, 11) is 0. The van der Waals surface area contributed by atoms with Gasteiger partial charge in [0.05, 0.1) is 10.1 Å². The highest BCUT2D eigenvalue weighted by molar-refractivity contribution is 14.1. The molecule has 0 saturated heterocycles. The number of hydrogen-bond donors (Lipinski definition) is 0. The minimum absolute atomic E-state index is 0.266. The molecule has 0 atom stereocenters. The minimum atomic E-state index is -0.478. The van der Waals surface area contributed by atoms with E-state index in [1.54, 1.807) is 4.90 Å². The van der Waals surface area contributed by atoms with E-state index in [4.69, 9.17) is 9.15 Å². The van der Waals surface area contributed by atoms with Gasteiger partial charge in [-0.15, -0.1) is 0 Å². The second kappa shape index (κ2) is 5.70. The van der Waals surface area contributed by atoms with Gasteiger partial charge in [-0.1, -0.05) is 15.9 Å². The molecule has 1 aromatic heterocycles. The summed E-state index contributed by atoms with van der Waals surface area (Å²) in [5.74, 6) is 0.978. The van der Waals surface area contributed by atoms with Crippen LogP contribution in [0.3, 0.4) is 0 Å². The van der Waals surface area contributed by atoms with Crippen molar-refractivity contribution >= 4 is 55.6 Å². The Balaban J connectivity index is 1.94. The molecule has 22 heavy (non-hydrogen) atoms. The van der Waals surface area contributed by atoms with Crippen molar-refractivity contribution in [2.45, 2.75) is 39.3 Å². The van der Waals surface area contributed by atoms with E-state index < -0.39 is 5.60 Å². The lowest BCUT2D eigenvalue weighted by Crippen LogP contribution is -2.39. The second-order valence-corrected chi connectivity index (χ2v) is 8.50. The summed E-state index contributed by atoms with van der Waals surface area (Å²) in [6.07, 6.45) is 0.453. The summed E-state index contributed by atoms with van der Waals surface area (Å²) in [5.41, 5.74) is 1.51. The lowest BCUT2D eigenvalue weighted by molar-refractivity contribution is 0.0220. The zero-order valence-electron chi connectivity index (χ0n) is 12.7. The third-order valence-corrected chi connectivity index (χ3v) is 4.76. The van der Waals surface area contributed by atoms with Crippen molar-refractivity contribution in [3.05, 3.63) is 31.5 Å². The van der Waals surface area contributed by atoms with Crippen LogP contribution in [-0.2, 0) is 17.7 Å². The molecule has 1 aromatic carbocycles. The average molecular weight is 478 g/mol. The van der Waals surface area contributed by atoms with Gasteiger partial charge in [-0.05, 0) is 55.5 Å². The Kier molecular flexibility index (Phi) is 4.18. The summed E-state index contributed by atoms with van der Waals surface area (Å²) in [4.78, 5) is 14.0. The Morgan fingerprint density at radius 1 is 1.41 bits per heavy atom. The van der Waals surface area contributed by atoms with Crippen LogP contribution < -0.4 is 0 Å². The van der Waals surface area contributed by atoms with Crippen LogP contribution in [0.15, 0.2) is 21.0 Å². The lowest BCUT2D eigenvalue weighted by atomic mass is 10.1. The molecule has 0 unspecified atom stereocenters. The van der Waals surface area contributed by atoms with E-state index in [2.05, 4.69) is 44.6 Å². The number of halogens is 2. The Morgan fingerprint density at radius 3 is 2.82 bits per heavy atom. The van der Waals surface area contributed by atoms with Crippen LogP contribution in [0.4, 0.5) is 4.79 Å². The molecule has 3 rings (SSSR count). The van der Waals surface area contributed by atoms with Crippen molar-refractivity contribution in [3.63, 3.8) is 0 Å². The highest BCUT2D eigenvalue weighted by Crippen LogP contribution is 2.35. The first-order valence-corrected chi connectivity index (χ1v) is 8.99. The summed E-state index contributed by atoms with van der Waals surface area (Å²) >= 11 is 5.80. The molecule has 0 bridgehead atoms. The Hall–Kier alpha value is -0.760. The van der Waals surface area contributed by atoms with Crippen LogP contribution in [0.25, 0.3) is 11.0 Å². The molecule has 2 heterocycles. The maximum Gasteiger partial charge on any atom is 0.410 e. The fourth-order valence-electron chi connectivity index (χ4n) is 2.59. The summed E-state index contributed by atoms with van der Waals surface area (Å²) < 4.78 is 13.6. The monoisotopic (exact) mass is 477 g/mol. The van der Waals surface area contributed by atoms with Crippen molar-refractivity contribution in [1.29, 1.82) is 0 Å². The van der Waals surface area contributed by atoms with Crippen LogP contribution >= 0.6 is 38.5 Å². The van der Waals surface area contributed by atoms with Crippen molar-refractivity contribution in [2.75, 3.05) is 6.54 Å². The largest absolute Gasteiger partial charge is 0.460 e. The number of furan rings is 1. The molecule has 118 valence electrons. The fourth-order valence-corrected chi connectivity index (χ4v) is 4.21. The molecular weight excluding hydrogens is 461 g/mol. The van der Waals surface area contributed by atoms with Gasteiger partial charge in [0.1, 0.15) is 16.9 Å². The van der Waals surface area contributed by atoms with E-state index in [0.717, 1.165) is 36.8 Å². The highest BCUT2D eigenvalue weighted by Gasteiger charge is 2.29. The maximum absolute atomic E-state index is 12.3. The molecule has 0 spiro atoms. The first-order valence-electron chi connectivity index (χ1n) is 7.12. The predicted molar refractivity (Wildman–Crippen MR) is 97.0 cm³/mol. The summed E-state index contributed by atoms with van der Waals surface area (Å²) in [6.45, 7) is 6.80. The molecule has 0 saturated carbocycles. The molecule has 1 aliphatic heterocycles. The minimum Gasteiger partial charge on any atom is -0.460 e. The number of amides is 1. The summed E-state index contributed by atoms with van der Waals surface area (Å²) in [5, 5.41) is 1.07. The van der Waals surface area contributed by atoms with Crippen LogP contribution in [0.2, 0.25) is 0 Å². The van der Waals surface area contributed by atoms with Gasteiger partial charge >= 0.3 is 6.09 Å². The summed E-state index contributed by atoms with van der Waals surface area (Å²) in [6, 6.07) is 4.09. The van der Waals surface area contributed by atoms with Gasteiger partial charge in [0, 0.05) is 28.4 Å². The van der Waals surface area contributed by atoms with Crippen molar-refractivity contribution in [3.8, 4) is 0 Å². The zero-order valence-corrected chi connectivity index (χ0v) is 16.4. The first-order chi connectivity index (χ1) is 10.2. The maximum atomic E-state index is 12.3. The number of hydrogen-bond acceptors (Lipinski definition) is 3. The number of ether oxygens (including phenoxy) is 1. The van der Waals surface area contributed by atoms with Crippen LogP contribution in [0.5, 0.6) is 0 Å². The third-order valence-electron chi connectivity index (χ3n) is 3.50. The van der Waals surface area contributed by atoms with Gasteiger partial charge in [-0.25, -0.2) is 4.79 Å². The Morgan fingerprint density at radius 2 is 2.14 bits per heavy atom. The molecule has 0 N–H and O–H groups in total. The SMILES string of the molecule is CC(C)(C)OC(=O)N1CCc2oc3c(I)cc(Br)cc3c2C1. The standard InChI is InChI=1S/C16H17BrINO3/c1-16(2,3)22-15(20)19-5-4-13-11(8-19)10-6-9(17)7-12(18)14(10)21-13/h6-7H,4-5,8H2,1-3H3. The molecule has 0 fully saturated rings. The van der Waals surface area contributed by atoms with Crippen LogP contribution in [-0.4, -0.2) is 23.1 Å². The van der Waals surface area contributed by atoms with Gasteiger partial charge in [0.15, 0.2) is 0 Å². The van der Waals surface area contributed by atoms with Crippen LogP contribution in [0, 0.1) is 3.57 Å². The Labute approximate surface area is 151 Å². The Bertz CT molecular complexity index is 748. The van der Waals surface area contributed by atoms with Gasteiger partial charge in [-0.2, -0.15) is 0 Å². The normalized spacial score (nSPS) is 15.0. The van der Waals surface area contributed by atoms with Gasteiger partial charge in [0.25, 0.3) is 0 Å². The molecule has 0 radical (unpaired) electrons. The molecule has 6 heteroatoms. The quantitative estimate of drug-likeness (QED) is 0.496. The van der Waals surface area contributed by atoms with E-state index in [-0.39, 0.29) is 6.09 Å². The number of carbonyl (C=O) groups is 1. The molecule has 1 aliphatic rings. The predicted octanol–water partition coefficient (Wildman–Crippen LogP) is 5.09. The number of carbonyl (C=O) groups excluding carboxylic acids is 1. The van der Waals surface area contributed by atoms with Crippen molar-refractivity contribution < 1.29 is 13.9 Å². The zero-order chi connectivity index (χ0) is 16.1. The molecule has 1 amide bonds. The van der Waals surface area contributed by atoms with Crippen LogP contribution in [0.1, 0.15) is 32.1 Å². The topological polar surface area (TPSA) is 42.7 Å². The van der Waals surface area contributed by atoms with Gasteiger partial charge in [-0.3, -0.25) is 0 Å². The van der Waals surface area contributed by atoms with E-state index >= 15 is 0 Å². The molecule has 2 aromatic rings. The third kappa shape index (κ3) is 3.13.